The Kier molecular flexibility index (Phi) is 3.03. The average molecular weight is 237 g/mol. The molecule has 0 aliphatic carbocycles. The Morgan fingerprint density at radius 1 is 1.47 bits per heavy atom. The van der Waals surface area contributed by atoms with E-state index < -0.39 is 0 Å². The molecule has 1 aliphatic heterocycles. The number of nitrogens with one attached hydrogen (secondary N) is 3. The van der Waals surface area contributed by atoms with Crippen molar-refractivity contribution in [1.29, 1.82) is 0 Å². The molecule has 0 fully saturated rings. The van der Waals surface area contributed by atoms with Crippen LogP contribution in [0.25, 0.3) is 0 Å². The number of rotatable bonds is 3. The van der Waals surface area contributed by atoms with Gasteiger partial charge in [-0.25, -0.2) is 0 Å². The summed E-state index contributed by atoms with van der Waals surface area (Å²) in [4.78, 5) is 23.6. The fourth-order valence-corrected chi connectivity index (χ4v) is 1.78. The molecule has 1 aromatic heterocycles. The Balaban J connectivity index is 2.36. The van der Waals surface area contributed by atoms with Gasteiger partial charge in [0.15, 0.2) is 0 Å². The van der Waals surface area contributed by atoms with Gasteiger partial charge in [0.05, 0.1) is 12.2 Å². The van der Waals surface area contributed by atoms with E-state index >= 15 is 0 Å². The van der Waals surface area contributed by atoms with E-state index in [2.05, 4.69) is 16.0 Å². The van der Waals surface area contributed by atoms with E-state index in [9.17, 15) is 9.59 Å². The van der Waals surface area contributed by atoms with Gasteiger partial charge in [-0.3, -0.25) is 9.59 Å². The van der Waals surface area contributed by atoms with Crippen molar-refractivity contribution in [2.45, 2.75) is 20.3 Å². The van der Waals surface area contributed by atoms with Crippen LogP contribution in [0.1, 0.15) is 39.8 Å². The van der Waals surface area contributed by atoms with Gasteiger partial charge in [-0.05, 0) is 13.3 Å². The summed E-state index contributed by atoms with van der Waals surface area (Å²) in [6.45, 7) is 4.53. The summed E-state index contributed by atoms with van der Waals surface area (Å²) >= 11 is 0. The highest BCUT2D eigenvalue weighted by Gasteiger charge is 2.30. The second-order valence-electron chi connectivity index (χ2n) is 3.85. The number of hydrogen-bond acceptors (Lipinski definition) is 4. The van der Waals surface area contributed by atoms with Crippen LogP contribution >= 0.6 is 0 Å². The molecule has 6 nitrogen and oxygen atoms in total. The van der Waals surface area contributed by atoms with Gasteiger partial charge >= 0.3 is 0 Å². The number of fused-ring (bicyclic) bond motifs is 1. The predicted molar refractivity (Wildman–Crippen MR) is 62.0 cm³/mol. The van der Waals surface area contributed by atoms with Gasteiger partial charge < -0.3 is 20.4 Å². The number of aryl methyl sites for hydroxylation is 1. The van der Waals surface area contributed by atoms with Gasteiger partial charge in [-0.1, -0.05) is 6.92 Å². The highest BCUT2D eigenvalue weighted by molar-refractivity contribution is 6.11. The maximum Gasteiger partial charge on any atom is 0.259 e. The first-order chi connectivity index (χ1) is 8.15. The van der Waals surface area contributed by atoms with E-state index in [-0.39, 0.29) is 11.8 Å². The van der Waals surface area contributed by atoms with E-state index in [4.69, 9.17) is 4.42 Å². The van der Waals surface area contributed by atoms with Crippen molar-refractivity contribution in [3.8, 4) is 0 Å². The van der Waals surface area contributed by atoms with Crippen LogP contribution in [-0.4, -0.2) is 25.0 Å². The van der Waals surface area contributed by atoms with Crippen LogP contribution in [-0.2, 0) is 0 Å². The minimum atomic E-state index is -0.280. The molecule has 0 saturated carbocycles. The van der Waals surface area contributed by atoms with Gasteiger partial charge in [-0.15, -0.1) is 0 Å². The lowest BCUT2D eigenvalue weighted by atomic mass is 10.1. The van der Waals surface area contributed by atoms with Crippen molar-refractivity contribution < 1.29 is 14.0 Å². The lowest BCUT2D eigenvalue weighted by molar-refractivity contribution is 0.0919. The second kappa shape index (κ2) is 4.48. The molecular formula is C11H15N3O3. The second-order valence-corrected chi connectivity index (χ2v) is 3.85. The normalized spacial score (nSPS) is 13.6. The SMILES string of the molecule is CCCNC(=O)c1c(C)oc2c1C(=O)NCN2. The molecule has 6 heteroatoms. The van der Waals surface area contributed by atoms with Crippen LogP contribution < -0.4 is 16.0 Å². The highest BCUT2D eigenvalue weighted by atomic mass is 16.4. The standard InChI is InChI=1S/C11H15N3O3/c1-3-4-12-9(15)7-6(2)17-11-8(7)10(16)13-5-14-11/h14H,3-5H2,1-2H3,(H,12,15)(H,13,16). The topological polar surface area (TPSA) is 83.4 Å². The average Bonchev–Trinajstić information content (AvgIpc) is 2.64. The maximum atomic E-state index is 11.9. The Hall–Kier alpha value is -1.98. The van der Waals surface area contributed by atoms with Crippen LogP contribution in [0.3, 0.4) is 0 Å². The van der Waals surface area contributed by atoms with E-state index in [0.29, 0.717) is 36.0 Å². The van der Waals surface area contributed by atoms with Gasteiger partial charge in [0.2, 0.25) is 5.88 Å². The number of anilines is 1. The Morgan fingerprint density at radius 2 is 2.24 bits per heavy atom. The monoisotopic (exact) mass is 237 g/mol. The largest absolute Gasteiger partial charge is 0.444 e. The van der Waals surface area contributed by atoms with Crippen LogP contribution in [0, 0.1) is 6.92 Å². The molecule has 2 heterocycles. The number of carbonyl (C=O) groups excluding carboxylic acids is 2. The molecule has 2 rings (SSSR count). The summed E-state index contributed by atoms with van der Waals surface area (Å²) in [5, 5.41) is 8.24. The summed E-state index contributed by atoms with van der Waals surface area (Å²) in [5.74, 6) is 0.270. The predicted octanol–water partition coefficient (Wildman–Crippen LogP) is 0.841. The smallest absolute Gasteiger partial charge is 0.259 e. The van der Waals surface area contributed by atoms with E-state index in [1.165, 1.54) is 0 Å². The lowest BCUT2D eigenvalue weighted by Gasteiger charge is -2.13. The first-order valence-electron chi connectivity index (χ1n) is 5.58. The third kappa shape index (κ3) is 1.98. The zero-order chi connectivity index (χ0) is 12.4. The summed E-state index contributed by atoms with van der Waals surface area (Å²) in [7, 11) is 0. The molecule has 3 N–H and O–H groups in total. The first-order valence-corrected chi connectivity index (χ1v) is 5.58. The Morgan fingerprint density at radius 3 is 2.94 bits per heavy atom. The zero-order valence-corrected chi connectivity index (χ0v) is 9.85. The quantitative estimate of drug-likeness (QED) is 0.727. The van der Waals surface area contributed by atoms with Gasteiger partial charge in [0, 0.05) is 6.54 Å². The number of carbonyl (C=O) groups is 2. The molecule has 0 unspecified atom stereocenters. The summed E-state index contributed by atoms with van der Waals surface area (Å²) in [6, 6.07) is 0. The zero-order valence-electron chi connectivity index (χ0n) is 9.85. The van der Waals surface area contributed by atoms with Crippen LogP contribution in [0.2, 0.25) is 0 Å². The van der Waals surface area contributed by atoms with Crippen LogP contribution in [0.5, 0.6) is 0 Å². The van der Waals surface area contributed by atoms with Crippen molar-refractivity contribution >= 4 is 17.7 Å². The summed E-state index contributed by atoms with van der Waals surface area (Å²) in [6.07, 6.45) is 0.843. The number of amides is 2. The van der Waals surface area contributed by atoms with Crippen molar-refractivity contribution in [1.82, 2.24) is 10.6 Å². The fraction of sp³-hybridized carbons (Fsp3) is 0.455. The van der Waals surface area contributed by atoms with E-state index in [1.807, 2.05) is 6.92 Å². The molecule has 0 bridgehead atoms. The molecule has 0 aromatic carbocycles. The third-order valence-electron chi connectivity index (χ3n) is 2.57. The van der Waals surface area contributed by atoms with Crippen molar-refractivity contribution in [3.05, 3.63) is 16.9 Å². The lowest BCUT2D eigenvalue weighted by Crippen LogP contribution is -2.36. The molecule has 92 valence electrons. The van der Waals surface area contributed by atoms with Crippen molar-refractivity contribution in [2.24, 2.45) is 0 Å². The Labute approximate surface area is 98.7 Å². The minimum absolute atomic E-state index is 0.270. The highest BCUT2D eigenvalue weighted by Crippen LogP contribution is 2.28. The molecule has 17 heavy (non-hydrogen) atoms. The van der Waals surface area contributed by atoms with Crippen LogP contribution in [0.15, 0.2) is 4.42 Å². The first kappa shape index (κ1) is 11.5. The molecule has 0 saturated heterocycles. The molecule has 2 amide bonds. The Bertz CT molecular complexity index is 465. The molecule has 0 atom stereocenters. The fourth-order valence-electron chi connectivity index (χ4n) is 1.78. The van der Waals surface area contributed by atoms with Crippen LogP contribution in [0.4, 0.5) is 5.88 Å². The molecule has 0 radical (unpaired) electrons. The number of hydrogen-bond donors (Lipinski definition) is 3. The van der Waals surface area contributed by atoms with E-state index in [0.717, 1.165) is 6.42 Å². The minimum Gasteiger partial charge on any atom is -0.444 e. The molecular weight excluding hydrogens is 222 g/mol. The summed E-state index contributed by atoms with van der Waals surface area (Å²) < 4.78 is 5.38. The molecule has 0 spiro atoms. The maximum absolute atomic E-state index is 11.9. The van der Waals surface area contributed by atoms with Crippen molar-refractivity contribution in [3.63, 3.8) is 0 Å². The molecule has 1 aliphatic rings. The van der Waals surface area contributed by atoms with Gasteiger partial charge in [-0.2, -0.15) is 0 Å². The van der Waals surface area contributed by atoms with Gasteiger partial charge in [0.25, 0.3) is 11.8 Å². The number of furan rings is 1. The third-order valence-corrected chi connectivity index (χ3v) is 2.57. The van der Waals surface area contributed by atoms with Gasteiger partial charge in [0.1, 0.15) is 11.3 Å². The molecule has 1 aromatic rings. The summed E-state index contributed by atoms with van der Waals surface area (Å²) in [5.41, 5.74) is 0.612. The van der Waals surface area contributed by atoms with E-state index in [1.54, 1.807) is 6.92 Å². The van der Waals surface area contributed by atoms with Crippen molar-refractivity contribution in [2.75, 3.05) is 18.5 Å².